The quantitative estimate of drug-likeness (QED) is 0.870. The number of rotatable bonds is 3. The van der Waals surface area contributed by atoms with Crippen molar-refractivity contribution in [1.82, 2.24) is 15.1 Å². The van der Waals surface area contributed by atoms with Gasteiger partial charge in [-0.25, -0.2) is 0 Å². The maximum absolute atomic E-state index is 4.88. The minimum absolute atomic E-state index is 0.563. The first-order valence-corrected chi connectivity index (χ1v) is 7.05. The van der Waals surface area contributed by atoms with Crippen molar-refractivity contribution in [3.05, 3.63) is 17.5 Å². The number of nitrogens with zero attached hydrogens (tertiary/aromatic N) is 2. The predicted molar refractivity (Wildman–Crippen MR) is 69.4 cm³/mol. The van der Waals surface area contributed by atoms with E-state index >= 15 is 0 Å². The Kier molecular flexibility index (Phi) is 2.95. The number of aromatic nitrogens is 2. The van der Waals surface area contributed by atoms with E-state index in [4.69, 9.17) is 5.10 Å². The van der Waals surface area contributed by atoms with Crippen molar-refractivity contribution in [2.45, 2.75) is 57.4 Å². The molecule has 2 fully saturated rings. The zero-order valence-corrected chi connectivity index (χ0v) is 10.9. The van der Waals surface area contributed by atoms with Gasteiger partial charge in [-0.3, -0.25) is 4.68 Å². The minimum atomic E-state index is 0.563. The Bertz CT molecular complexity index is 365. The Morgan fingerprint density at radius 3 is 2.53 bits per heavy atom. The largest absolute Gasteiger partial charge is 0.317 e. The van der Waals surface area contributed by atoms with Crippen LogP contribution in [0.1, 0.15) is 68.7 Å². The van der Waals surface area contributed by atoms with Gasteiger partial charge in [0.15, 0.2) is 0 Å². The van der Waals surface area contributed by atoms with Crippen molar-refractivity contribution < 1.29 is 0 Å². The van der Waals surface area contributed by atoms with E-state index in [-0.39, 0.29) is 0 Å². The highest BCUT2D eigenvalue weighted by Gasteiger charge is 2.30. The lowest BCUT2D eigenvalue weighted by Crippen LogP contribution is -2.29. The number of hydrogen-bond donors (Lipinski definition) is 1. The molecule has 0 radical (unpaired) electrons. The molecule has 1 aromatic heterocycles. The van der Waals surface area contributed by atoms with Crippen LogP contribution in [0.2, 0.25) is 0 Å². The molecule has 2 heterocycles. The Morgan fingerprint density at radius 2 is 1.94 bits per heavy atom. The molecule has 0 amide bonds. The highest BCUT2D eigenvalue weighted by molar-refractivity contribution is 5.28. The molecule has 0 bridgehead atoms. The fourth-order valence-corrected chi connectivity index (χ4v) is 2.84. The maximum Gasteiger partial charge on any atom is 0.0684 e. The van der Waals surface area contributed by atoms with E-state index in [9.17, 15) is 0 Å². The fraction of sp³-hybridized carbons (Fsp3) is 0.786. The van der Waals surface area contributed by atoms with Gasteiger partial charge in [-0.1, -0.05) is 13.8 Å². The van der Waals surface area contributed by atoms with Gasteiger partial charge in [0.1, 0.15) is 0 Å². The van der Waals surface area contributed by atoms with Gasteiger partial charge in [-0.05, 0) is 56.2 Å². The number of piperidine rings is 1. The second kappa shape index (κ2) is 4.45. The zero-order valence-electron chi connectivity index (χ0n) is 10.9. The summed E-state index contributed by atoms with van der Waals surface area (Å²) in [7, 11) is 0. The first kappa shape index (κ1) is 11.3. The molecule has 3 nitrogen and oxygen atoms in total. The molecule has 1 N–H and O–H groups in total. The lowest BCUT2D eigenvalue weighted by atomic mass is 10.0. The second-order valence-electron chi connectivity index (χ2n) is 5.86. The monoisotopic (exact) mass is 233 g/mol. The highest BCUT2D eigenvalue weighted by Crippen LogP contribution is 2.43. The first-order valence-electron chi connectivity index (χ1n) is 7.05. The van der Waals surface area contributed by atoms with Gasteiger partial charge < -0.3 is 5.32 Å². The molecule has 94 valence electrons. The second-order valence-corrected chi connectivity index (χ2v) is 5.86. The summed E-state index contributed by atoms with van der Waals surface area (Å²) < 4.78 is 2.27. The third kappa shape index (κ3) is 2.25. The maximum atomic E-state index is 4.88. The van der Waals surface area contributed by atoms with E-state index in [0.717, 1.165) is 19.0 Å². The summed E-state index contributed by atoms with van der Waals surface area (Å²) >= 11 is 0. The topological polar surface area (TPSA) is 29.9 Å². The van der Waals surface area contributed by atoms with Crippen molar-refractivity contribution in [2.75, 3.05) is 13.1 Å². The molecular weight excluding hydrogens is 210 g/mol. The van der Waals surface area contributed by atoms with Crippen LogP contribution < -0.4 is 5.32 Å². The Morgan fingerprint density at radius 1 is 1.24 bits per heavy atom. The minimum Gasteiger partial charge on any atom is -0.317 e. The molecule has 17 heavy (non-hydrogen) atoms. The lowest BCUT2D eigenvalue weighted by molar-refractivity contribution is 0.341. The van der Waals surface area contributed by atoms with Crippen LogP contribution in [-0.2, 0) is 0 Å². The molecule has 1 aromatic rings. The van der Waals surface area contributed by atoms with Gasteiger partial charge in [0, 0.05) is 6.20 Å². The summed E-state index contributed by atoms with van der Waals surface area (Å²) in [5.74, 6) is 1.39. The molecule has 3 heteroatoms. The van der Waals surface area contributed by atoms with Crippen molar-refractivity contribution >= 4 is 0 Å². The molecule has 1 saturated heterocycles. The first-order chi connectivity index (χ1) is 8.25. The van der Waals surface area contributed by atoms with E-state index in [1.807, 2.05) is 0 Å². The van der Waals surface area contributed by atoms with Gasteiger partial charge >= 0.3 is 0 Å². The molecule has 3 rings (SSSR count). The van der Waals surface area contributed by atoms with Gasteiger partial charge in [0.25, 0.3) is 0 Å². The van der Waals surface area contributed by atoms with Crippen molar-refractivity contribution in [3.63, 3.8) is 0 Å². The van der Waals surface area contributed by atoms with Crippen LogP contribution in [0, 0.1) is 0 Å². The van der Waals surface area contributed by atoms with Crippen molar-refractivity contribution in [3.8, 4) is 0 Å². The molecule has 1 aliphatic heterocycles. The molecular formula is C14H23N3. The summed E-state index contributed by atoms with van der Waals surface area (Å²) in [6.07, 6.45) is 7.55. The van der Waals surface area contributed by atoms with Crippen LogP contribution in [0.3, 0.4) is 0 Å². The molecule has 0 aromatic carbocycles. The van der Waals surface area contributed by atoms with E-state index in [2.05, 4.69) is 30.0 Å². The van der Waals surface area contributed by atoms with Crippen LogP contribution >= 0.6 is 0 Å². The summed E-state index contributed by atoms with van der Waals surface area (Å²) in [5.41, 5.74) is 2.89. The van der Waals surface area contributed by atoms with Gasteiger partial charge in [-0.2, -0.15) is 5.10 Å². The van der Waals surface area contributed by atoms with Crippen molar-refractivity contribution in [1.29, 1.82) is 0 Å². The van der Waals surface area contributed by atoms with E-state index in [0.29, 0.717) is 12.0 Å². The van der Waals surface area contributed by atoms with E-state index in [1.165, 1.54) is 31.4 Å². The molecule has 1 aliphatic carbocycles. The zero-order chi connectivity index (χ0) is 11.8. The van der Waals surface area contributed by atoms with Crippen LogP contribution in [0.25, 0.3) is 0 Å². The molecule has 0 spiro atoms. The van der Waals surface area contributed by atoms with Gasteiger partial charge in [0.2, 0.25) is 0 Å². The van der Waals surface area contributed by atoms with E-state index in [1.54, 1.807) is 5.56 Å². The average molecular weight is 233 g/mol. The van der Waals surface area contributed by atoms with Crippen LogP contribution in [-0.4, -0.2) is 22.9 Å². The third-order valence-corrected chi connectivity index (χ3v) is 4.04. The highest BCUT2D eigenvalue weighted by atomic mass is 15.3. The summed E-state index contributed by atoms with van der Waals surface area (Å²) in [4.78, 5) is 0. The summed E-state index contributed by atoms with van der Waals surface area (Å²) in [6.45, 7) is 6.81. The number of hydrogen-bond acceptors (Lipinski definition) is 2. The Balaban J connectivity index is 1.86. The standard InChI is InChI=1S/C14H23N3/c1-10(2)14-13(11-3-4-11)9-17(16-14)12-5-7-15-8-6-12/h9-12,15H,3-8H2,1-2H3. The van der Waals surface area contributed by atoms with Crippen LogP contribution in [0.5, 0.6) is 0 Å². The normalized spacial score (nSPS) is 22.3. The Hall–Kier alpha value is -0.830. The average Bonchev–Trinajstić information content (AvgIpc) is 3.09. The fourth-order valence-electron chi connectivity index (χ4n) is 2.84. The van der Waals surface area contributed by atoms with Gasteiger partial charge in [-0.15, -0.1) is 0 Å². The Labute approximate surface area is 104 Å². The summed E-state index contributed by atoms with van der Waals surface area (Å²) in [5, 5.41) is 8.31. The third-order valence-electron chi connectivity index (χ3n) is 4.04. The molecule has 2 aliphatic rings. The van der Waals surface area contributed by atoms with Gasteiger partial charge in [0.05, 0.1) is 11.7 Å². The SMILES string of the molecule is CC(C)c1nn(C2CCNCC2)cc1C1CC1. The molecule has 1 saturated carbocycles. The van der Waals surface area contributed by atoms with Crippen molar-refractivity contribution in [2.24, 2.45) is 0 Å². The predicted octanol–water partition coefficient (Wildman–Crippen LogP) is 2.81. The smallest absolute Gasteiger partial charge is 0.0684 e. The lowest BCUT2D eigenvalue weighted by Gasteiger charge is -2.22. The molecule has 0 unspecified atom stereocenters. The van der Waals surface area contributed by atoms with E-state index < -0.39 is 0 Å². The van der Waals surface area contributed by atoms with Crippen LogP contribution in [0.4, 0.5) is 0 Å². The van der Waals surface area contributed by atoms with Crippen LogP contribution in [0.15, 0.2) is 6.20 Å². The number of nitrogens with one attached hydrogen (secondary N) is 1. The summed E-state index contributed by atoms with van der Waals surface area (Å²) in [6, 6.07) is 0.626. The molecule has 0 atom stereocenters.